The summed E-state index contributed by atoms with van der Waals surface area (Å²) in [5.41, 5.74) is 5.33. The second-order valence-corrected chi connectivity index (χ2v) is 14.3. The maximum absolute atomic E-state index is 12.5. The number of rotatable bonds is 36. The summed E-state index contributed by atoms with van der Waals surface area (Å²) in [6.45, 7) is 3.32. The molecular weight excluding hydrogens is 705 g/mol. The first-order chi connectivity index (χ1) is 26.2. The van der Waals surface area contributed by atoms with Gasteiger partial charge in [0.2, 0.25) is 0 Å². The van der Waals surface area contributed by atoms with Crippen LogP contribution in [0.3, 0.4) is 0 Å². The van der Waals surface area contributed by atoms with E-state index in [1.165, 1.54) is 0 Å². The molecule has 0 saturated carbocycles. The van der Waals surface area contributed by atoms with Gasteiger partial charge in [0.15, 0.2) is 11.9 Å². The average Bonchev–Trinajstić information content (AvgIpc) is 3.15. The van der Waals surface area contributed by atoms with Crippen LogP contribution in [-0.2, 0) is 37.5 Å². The lowest BCUT2D eigenvalue weighted by molar-refractivity contribution is -0.161. The zero-order valence-electron chi connectivity index (χ0n) is 33.2. The predicted molar refractivity (Wildman–Crippen MR) is 220 cm³/mol. The monoisotopic (exact) mass is 775 g/mol. The molecule has 0 aromatic carbocycles. The fraction of sp³-hybridized carbons (Fsp3) is 0.605. The topological polar surface area (TPSA) is 151 Å². The molecule has 2 atom stereocenters. The zero-order valence-corrected chi connectivity index (χ0v) is 34.1. The first kappa shape index (κ1) is 50.9. The molecule has 0 aliphatic heterocycles. The molecule has 10 nitrogen and oxygen atoms in total. The minimum atomic E-state index is -4.41. The summed E-state index contributed by atoms with van der Waals surface area (Å²) >= 11 is 0. The van der Waals surface area contributed by atoms with Crippen LogP contribution in [0.4, 0.5) is 0 Å². The van der Waals surface area contributed by atoms with Gasteiger partial charge in [-0.2, -0.15) is 0 Å². The van der Waals surface area contributed by atoms with Crippen LogP contribution in [0.25, 0.3) is 0 Å². The van der Waals surface area contributed by atoms with E-state index in [0.29, 0.717) is 25.7 Å². The molecule has 54 heavy (non-hydrogen) atoms. The number of phosphoric acid groups is 1. The highest BCUT2D eigenvalue weighted by Gasteiger charge is 2.25. The number of carbonyl (C=O) groups is 3. The summed E-state index contributed by atoms with van der Waals surface area (Å²) in [7, 11) is -4.41. The number of nitrogens with two attached hydrogens (primary N) is 1. The van der Waals surface area contributed by atoms with E-state index in [0.717, 1.165) is 83.5 Å². The van der Waals surface area contributed by atoms with E-state index in [2.05, 4.69) is 62.5 Å². The van der Waals surface area contributed by atoms with Crippen LogP contribution < -0.4 is 5.73 Å². The molecule has 0 saturated heterocycles. The molecule has 0 bridgehead atoms. The SMILES string of the molecule is CC/C=C\C/C=C\C/C=C\CCCCCCCC(=O)O[C@H](COC(=O)CCC/C=C\C/C=C\C/C=C\C=C\C(=O)CCCCC)COP(=O)(O)OCCN. The molecule has 11 heteroatoms. The van der Waals surface area contributed by atoms with Crippen LogP contribution in [0.1, 0.15) is 136 Å². The Morgan fingerprint density at radius 2 is 1.20 bits per heavy atom. The van der Waals surface area contributed by atoms with Gasteiger partial charge in [0.25, 0.3) is 0 Å². The Morgan fingerprint density at radius 3 is 1.87 bits per heavy atom. The van der Waals surface area contributed by atoms with E-state index in [4.69, 9.17) is 24.3 Å². The average molecular weight is 776 g/mol. The Bertz CT molecular complexity index is 1220. The van der Waals surface area contributed by atoms with Gasteiger partial charge in [0.05, 0.1) is 13.2 Å². The van der Waals surface area contributed by atoms with E-state index in [9.17, 15) is 23.8 Å². The standard InChI is InChI=1S/C43H70NO9P/c1-3-5-7-8-9-10-11-12-13-14-17-21-24-27-31-35-43(47)53-41(39-52-54(48,49)51-37-36-44)38-50-42(46)34-30-26-23-20-18-15-16-19-22-25-29-33-40(45)32-28-6-4-2/h5,7,9-10,12-13,15-16,20,22-23,25,29,33,41H,3-4,6,8,11,14,17-19,21,24,26-28,30-32,34-39,44H2,1-2H3,(H,48,49)/b7-5-,10-9-,13-12-,16-15-,23-20-,25-22-,33-29+/t41-/m1/s1. The summed E-state index contributed by atoms with van der Waals surface area (Å²) < 4.78 is 32.6. The highest BCUT2D eigenvalue weighted by molar-refractivity contribution is 7.47. The van der Waals surface area contributed by atoms with Crippen molar-refractivity contribution in [3.63, 3.8) is 0 Å². The van der Waals surface area contributed by atoms with Crippen LogP contribution in [0.5, 0.6) is 0 Å². The molecule has 306 valence electrons. The summed E-state index contributed by atoms with van der Waals surface area (Å²) in [5.74, 6) is -0.794. The first-order valence-electron chi connectivity index (χ1n) is 20.0. The van der Waals surface area contributed by atoms with E-state index in [1.807, 2.05) is 24.3 Å². The van der Waals surface area contributed by atoms with Crippen molar-refractivity contribution in [1.29, 1.82) is 0 Å². The number of phosphoric ester groups is 1. The van der Waals surface area contributed by atoms with Gasteiger partial charge in [-0.1, -0.05) is 125 Å². The quantitative estimate of drug-likeness (QED) is 0.0157. The molecule has 0 amide bonds. The Hall–Kier alpha value is -3.14. The third-order valence-electron chi connectivity index (χ3n) is 7.74. The Morgan fingerprint density at radius 1 is 0.630 bits per heavy atom. The van der Waals surface area contributed by atoms with Crippen molar-refractivity contribution < 1.29 is 42.4 Å². The van der Waals surface area contributed by atoms with Gasteiger partial charge in [-0.15, -0.1) is 0 Å². The zero-order chi connectivity index (χ0) is 39.8. The van der Waals surface area contributed by atoms with Crippen LogP contribution in [0.2, 0.25) is 0 Å². The van der Waals surface area contributed by atoms with Crippen molar-refractivity contribution in [2.24, 2.45) is 5.73 Å². The summed E-state index contributed by atoms with van der Waals surface area (Å²) in [5, 5.41) is 0. The maximum Gasteiger partial charge on any atom is 0.472 e. The van der Waals surface area contributed by atoms with Crippen molar-refractivity contribution in [2.45, 2.75) is 142 Å². The van der Waals surface area contributed by atoms with E-state index >= 15 is 0 Å². The van der Waals surface area contributed by atoms with Gasteiger partial charge in [0, 0.05) is 25.8 Å². The molecule has 0 aliphatic carbocycles. The minimum absolute atomic E-state index is 0.0292. The first-order valence-corrected chi connectivity index (χ1v) is 21.5. The number of esters is 2. The number of carbonyl (C=O) groups excluding carboxylic acids is 3. The second kappa shape index (κ2) is 38.1. The third kappa shape index (κ3) is 37.2. The lowest BCUT2D eigenvalue weighted by atomic mass is 10.1. The lowest BCUT2D eigenvalue weighted by Gasteiger charge is -2.19. The molecular formula is C43H70NO9P. The fourth-order valence-electron chi connectivity index (χ4n) is 4.77. The smallest absolute Gasteiger partial charge is 0.462 e. The number of ether oxygens (including phenoxy) is 2. The summed E-state index contributed by atoms with van der Waals surface area (Å²) in [4.78, 5) is 46.5. The van der Waals surface area contributed by atoms with Gasteiger partial charge < -0.3 is 20.1 Å². The van der Waals surface area contributed by atoms with Gasteiger partial charge in [-0.3, -0.25) is 23.4 Å². The minimum Gasteiger partial charge on any atom is -0.462 e. The molecule has 0 aliphatic rings. The number of ketones is 1. The van der Waals surface area contributed by atoms with Gasteiger partial charge in [-0.05, 0) is 76.7 Å². The molecule has 0 rings (SSSR count). The van der Waals surface area contributed by atoms with E-state index < -0.39 is 32.5 Å². The van der Waals surface area contributed by atoms with Crippen molar-refractivity contribution >= 4 is 25.5 Å². The van der Waals surface area contributed by atoms with Gasteiger partial charge in [0.1, 0.15) is 6.61 Å². The van der Waals surface area contributed by atoms with Crippen molar-refractivity contribution in [3.05, 3.63) is 85.1 Å². The van der Waals surface area contributed by atoms with Crippen molar-refractivity contribution in [2.75, 3.05) is 26.4 Å². The van der Waals surface area contributed by atoms with Crippen LogP contribution >= 0.6 is 7.82 Å². The van der Waals surface area contributed by atoms with E-state index in [1.54, 1.807) is 12.2 Å². The molecule has 0 aromatic heterocycles. The van der Waals surface area contributed by atoms with Gasteiger partial charge >= 0.3 is 19.8 Å². The van der Waals surface area contributed by atoms with Crippen LogP contribution in [0, 0.1) is 0 Å². The highest BCUT2D eigenvalue weighted by Crippen LogP contribution is 2.43. The number of hydrogen-bond donors (Lipinski definition) is 2. The number of unbranched alkanes of at least 4 members (excludes halogenated alkanes) is 8. The van der Waals surface area contributed by atoms with Crippen LogP contribution in [0.15, 0.2) is 85.1 Å². The third-order valence-corrected chi connectivity index (χ3v) is 8.73. The number of hydrogen-bond acceptors (Lipinski definition) is 9. The molecule has 0 radical (unpaired) electrons. The Labute approximate surface area is 326 Å². The molecule has 0 fully saturated rings. The van der Waals surface area contributed by atoms with Crippen molar-refractivity contribution in [3.8, 4) is 0 Å². The fourth-order valence-corrected chi connectivity index (χ4v) is 5.54. The summed E-state index contributed by atoms with van der Waals surface area (Å²) in [6.07, 6.45) is 43.2. The van der Waals surface area contributed by atoms with E-state index in [-0.39, 0.29) is 38.4 Å². The second-order valence-electron chi connectivity index (χ2n) is 12.8. The largest absolute Gasteiger partial charge is 0.472 e. The predicted octanol–water partition coefficient (Wildman–Crippen LogP) is 10.4. The molecule has 3 N–H and O–H groups in total. The van der Waals surface area contributed by atoms with Crippen molar-refractivity contribution in [1.82, 2.24) is 0 Å². The summed E-state index contributed by atoms with van der Waals surface area (Å²) in [6, 6.07) is 0. The molecule has 0 aromatic rings. The normalized spacial score (nSPS) is 14.1. The molecule has 0 heterocycles. The molecule has 0 spiro atoms. The maximum atomic E-state index is 12.5. The highest BCUT2D eigenvalue weighted by atomic mass is 31.2. The van der Waals surface area contributed by atoms with Crippen LogP contribution in [-0.4, -0.2) is 55.1 Å². The molecule has 1 unspecified atom stereocenters. The lowest BCUT2D eigenvalue weighted by Crippen LogP contribution is -2.29. The van der Waals surface area contributed by atoms with Gasteiger partial charge in [-0.25, -0.2) is 4.57 Å². The number of allylic oxidation sites excluding steroid dienone is 14. The Kier molecular flexibility index (Phi) is 35.9. The Balaban J connectivity index is 4.38.